The van der Waals surface area contributed by atoms with Gasteiger partial charge in [0.1, 0.15) is 5.75 Å². The molecule has 2 aliphatic heterocycles. The molecule has 2 heterocycles. The Morgan fingerprint density at radius 1 is 1.27 bits per heavy atom. The first kappa shape index (κ1) is 15.8. The van der Waals surface area contributed by atoms with Crippen LogP contribution in [0.3, 0.4) is 0 Å². The number of hydrogen-bond donors (Lipinski definition) is 1. The Balaban J connectivity index is 1.80. The molecule has 0 unspecified atom stereocenters. The molecule has 122 valence electrons. The van der Waals surface area contributed by atoms with E-state index in [-0.39, 0.29) is 0 Å². The summed E-state index contributed by atoms with van der Waals surface area (Å²) in [6.07, 6.45) is 4.38. The largest absolute Gasteiger partial charge is 0.497 e. The molecule has 1 aromatic carbocycles. The topological polar surface area (TPSA) is 58.6 Å². The fourth-order valence-electron chi connectivity index (χ4n) is 3.51. The Labute approximate surface area is 132 Å². The number of nitrogens with zero attached hydrogens (tertiary/aromatic N) is 1. The Hall–Kier alpha value is -1.11. The standard InChI is InChI=1S/C16H24N2O3S/c1-21-14-6-4-7-15(11-14)22(19,20)18-10-8-16-13(12-18)5-2-3-9-17-16/h4,6-7,11,13,16-17H,2-3,5,8-10,12H2,1H3/t13-,16+/m0/s1. The first-order valence-corrected chi connectivity index (χ1v) is 9.43. The molecule has 22 heavy (non-hydrogen) atoms. The minimum atomic E-state index is -3.43. The molecule has 2 aliphatic rings. The lowest BCUT2D eigenvalue weighted by Crippen LogP contribution is -2.50. The fraction of sp³-hybridized carbons (Fsp3) is 0.625. The van der Waals surface area contributed by atoms with Crippen molar-refractivity contribution in [2.45, 2.75) is 36.6 Å². The quantitative estimate of drug-likeness (QED) is 0.922. The number of rotatable bonds is 3. The maximum atomic E-state index is 12.9. The van der Waals surface area contributed by atoms with Gasteiger partial charge in [0, 0.05) is 25.2 Å². The second-order valence-corrected chi connectivity index (χ2v) is 8.09. The van der Waals surface area contributed by atoms with Crippen LogP contribution in [0, 0.1) is 5.92 Å². The monoisotopic (exact) mass is 324 g/mol. The lowest BCUT2D eigenvalue weighted by atomic mass is 9.90. The zero-order valence-corrected chi connectivity index (χ0v) is 13.8. The highest BCUT2D eigenvalue weighted by molar-refractivity contribution is 7.89. The third kappa shape index (κ3) is 3.14. The Morgan fingerprint density at radius 2 is 2.14 bits per heavy atom. The van der Waals surface area contributed by atoms with Gasteiger partial charge in [-0.15, -0.1) is 0 Å². The van der Waals surface area contributed by atoms with E-state index < -0.39 is 10.0 Å². The van der Waals surface area contributed by atoms with Gasteiger partial charge in [0.25, 0.3) is 0 Å². The number of benzene rings is 1. The predicted octanol–water partition coefficient (Wildman–Crippen LogP) is 1.85. The highest BCUT2D eigenvalue weighted by Gasteiger charge is 2.35. The molecule has 0 spiro atoms. The van der Waals surface area contributed by atoms with Crippen LogP contribution >= 0.6 is 0 Å². The van der Waals surface area contributed by atoms with Crippen LogP contribution in [0.1, 0.15) is 25.7 Å². The van der Waals surface area contributed by atoms with Crippen LogP contribution in [0.25, 0.3) is 0 Å². The average Bonchev–Trinajstić information content (AvgIpc) is 2.79. The molecule has 1 aromatic rings. The molecule has 2 fully saturated rings. The molecular formula is C16H24N2O3S. The lowest BCUT2D eigenvalue weighted by molar-refractivity contribution is 0.209. The van der Waals surface area contributed by atoms with Gasteiger partial charge in [0.2, 0.25) is 10.0 Å². The number of hydrogen-bond acceptors (Lipinski definition) is 4. The number of fused-ring (bicyclic) bond motifs is 1. The Kier molecular flexibility index (Phi) is 4.70. The van der Waals surface area contributed by atoms with E-state index in [0.717, 1.165) is 19.4 Å². The molecular weight excluding hydrogens is 300 g/mol. The van der Waals surface area contributed by atoms with Gasteiger partial charge in [-0.2, -0.15) is 4.31 Å². The van der Waals surface area contributed by atoms with Crippen molar-refractivity contribution in [3.05, 3.63) is 24.3 Å². The van der Waals surface area contributed by atoms with E-state index in [0.29, 0.717) is 35.7 Å². The minimum Gasteiger partial charge on any atom is -0.497 e. The van der Waals surface area contributed by atoms with Crippen molar-refractivity contribution in [2.24, 2.45) is 5.92 Å². The van der Waals surface area contributed by atoms with Crippen LogP contribution in [0.15, 0.2) is 29.2 Å². The first-order chi connectivity index (χ1) is 10.6. The third-order valence-corrected chi connectivity index (χ3v) is 6.65. The molecule has 3 rings (SSSR count). The van der Waals surface area contributed by atoms with Gasteiger partial charge in [0.15, 0.2) is 0 Å². The molecule has 1 N–H and O–H groups in total. The van der Waals surface area contributed by atoms with Crippen molar-refractivity contribution in [3.63, 3.8) is 0 Å². The second kappa shape index (κ2) is 6.56. The molecule has 2 saturated heterocycles. The van der Waals surface area contributed by atoms with Crippen LogP contribution in [0.4, 0.5) is 0 Å². The number of ether oxygens (including phenoxy) is 1. The molecule has 0 aromatic heterocycles. The summed E-state index contributed by atoms with van der Waals surface area (Å²) >= 11 is 0. The van der Waals surface area contributed by atoms with Crippen molar-refractivity contribution < 1.29 is 13.2 Å². The van der Waals surface area contributed by atoms with Crippen LogP contribution in [-0.2, 0) is 10.0 Å². The zero-order valence-electron chi connectivity index (χ0n) is 13.0. The summed E-state index contributed by atoms with van der Waals surface area (Å²) in [5, 5.41) is 3.57. The zero-order chi connectivity index (χ0) is 15.6. The SMILES string of the molecule is COc1cccc(S(=O)(=O)N2CC[C@H]3NCCCC[C@H]3C2)c1. The minimum absolute atomic E-state index is 0.326. The normalized spacial score (nSPS) is 27.0. The van der Waals surface area contributed by atoms with Crippen LogP contribution < -0.4 is 10.1 Å². The molecule has 0 radical (unpaired) electrons. The van der Waals surface area contributed by atoms with Crippen molar-refractivity contribution >= 4 is 10.0 Å². The van der Waals surface area contributed by atoms with Gasteiger partial charge >= 0.3 is 0 Å². The Morgan fingerprint density at radius 3 is 2.95 bits per heavy atom. The summed E-state index contributed by atoms with van der Waals surface area (Å²) in [5.74, 6) is 1.00. The summed E-state index contributed by atoms with van der Waals surface area (Å²) in [7, 11) is -1.88. The van der Waals surface area contributed by atoms with E-state index in [2.05, 4.69) is 5.32 Å². The predicted molar refractivity (Wildman–Crippen MR) is 85.5 cm³/mol. The van der Waals surface area contributed by atoms with E-state index in [4.69, 9.17) is 4.74 Å². The number of methoxy groups -OCH3 is 1. The van der Waals surface area contributed by atoms with E-state index in [1.807, 2.05) is 0 Å². The highest BCUT2D eigenvalue weighted by Crippen LogP contribution is 2.29. The highest BCUT2D eigenvalue weighted by atomic mass is 32.2. The van der Waals surface area contributed by atoms with E-state index in [1.165, 1.54) is 12.8 Å². The summed E-state index contributed by atoms with van der Waals surface area (Å²) in [6.45, 7) is 2.27. The van der Waals surface area contributed by atoms with Gasteiger partial charge in [-0.05, 0) is 43.9 Å². The summed E-state index contributed by atoms with van der Waals surface area (Å²) in [6, 6.07) is 7.22. The van der Waals surface area contributed by atoms with Crippen molar-refractivity contribution in [2.75, 3.05) is 26.7 Å². The lowest BCUT2D eigenvalue weighted by Gasteiger charge is -2.37. The van der Waals surface area contributed by atoms with Gasteiger partial charge < -0.3 is 10.1 Å². The van der Waals surface area contributed by atoms with Gasteiger partial charge in [0.05, 0.1) is 12.0 Å². The number of nitrogens with one attached hydrogen (secondary N) is 1. The molecule has 6 heteroatoms. The number of piperidine rings is 1. The third-order valence-electron chi connectivity index (χ3n) is 4.78. The molecule has 0 amide bonds. The van der Waals surface area contributed by atoms with Gasteiger partial charge in [-0.25, -0.2) is 8.42 Å². The smallest absolute Gasteiger partial charge is 0.243 e. The number of sulfonamides is 1. The summed E-state index contributed by atoms with van der Waals surface area (Å²) < 4.78 is 32.5. The summed E-state index contributed by atoms with van der Waals surface area (Å²) in [4.78, 5) is 0.326. The average molecular weight is 324 g/mol. The van der Waals surface area contributed by atoms with Crippen LogP contribution in [0.5, 0.6) is 5.75 Å². The van der Waals surface area contributed by atoms with Crippen molar-refractivity contribution in [1.82, 2.24) is 9.62 Å². The molecule has 2 atom stereocenters. The molecule has 0 saturated carbocycles. The molecule has 0 aliphatic carbocycles. The maximum Gasteiger partial charge on any atom is 0.243 e. The maximum absolute atomic E-state index is 12.9. The summed E-state index contributed by atoms with van der Waals surface area (Å²) in [5.41, 5.74) is 0. The first-order valence-electron chi connectivity index (χ1n) is 7.99. The van der Waals surface area contributed by atoms with Gasteiger partial charge in [-0.1, -0.05) is 12.5 Å². The Bertz CT molecular complexity index is 618. The fourth-order valence-corrected chi connectivity index (χ4v) is 5.06. The van der Waals surface area contributed by atoms with Gasteiger partial charge in [-0.3, -0.25) is 0 Å². The van der Waals surface area contributed by atoms with E-state index >= 15 is 0 Å². The molecule has 0 bridgehead atoms. The molecule has 5 nitrogen and oxygen atoms in total. The second-order valence-electron chi connectivity index (χ2n) is 6.15. The van der Waals surface area contributed by atoms with E-state index in [1.54, 1.807) is 35.7 Å². The van der Waals surface area contributed by atoms with Crippen molar-refractivity contribution in [3.8, 4) is 5.75 Å². The van der Waals surface area contributed by atoms with Crippen molar-refractivity contribution in [1.29, 1.82) is 0 Å². The van der Waals surface area contributed by atoms with Crippen LogP contribution in [-0.4, -0.2) is 45.5 Å². The van der Waals surface area contributed by atoms with Crippen LogP contribution in [0.2, 0.25) is 0 Å². The van der Waals surface area contributed by atoms with E-state index in [9.17, 15) is 8.42 Å².